The third-order valence-electron chi connectivity index (χ3n) is 4.99. The molecule has 1 aromatic heterocycles. The van der Waals surface area contributed by atoms with Crippen LogP contribution in [-0.4, -0.2) is 37.8 Å². The molecule has 1 aliphatic carbocycles. The Hall–Kier alpha value is -1.85. The molecule has 5 nitrogen and oxygen atoms in total. The fourth-order valence-electron chi connectivity index (χ4n) is 3.53. The molecule has 2 aliphatic rings. The third-order valence-corrected chi connectivity index (χ3v) is 4.99. The number of benzene rings is 1. The van der Waals surface area contributed by atoms with Crippen LogP contribution in [0.5, 0.6) is 5.75 Å². The minimum atomic E-state index is -0.300. The molecule has 0 spiro atoms. The molecule has 0 radical (unpaired) electrons. The van der Waals surface area contributed by atoms with Crippen LogP contribution < -0.4 is 10.4 Å². The number of ether oxygens (including phenoxy) is 2. The first-order valence-electron chi connectivity index (χ1n) is 8.65. The zero-order chi connectivity index (χ0) is 16.5. The first-order valence-corrected chi connectivity index (χ1v) is 8.65. The Labute approximate surface area is 141 Å². The van der Waals surface area contributed by atoms with E-state index in [0.29, 0.717) is 23.3 Å². The second-order valence-corrected chi connectivity index (χ2v) is 6.84. The number of methoxy groups -OCH3 is 1. The van der Waals surface area contributed by atoms with Crippen LogP contribution in [0.15, 0.2) is 33.5 Å². The zero-order valence-electron chi connectivity index (χ0n) is 14.0. The summed E-state index contributed by atoms with van der Waals surface area (Å²) in [6, 6.07) is 7.96. The maximum atomic E-state index is 12.0. The van der Waals surface area contributed by atoms with E-state index in [2.05, 4.69) is 4.90 Å². The highest BCUT2D eigenvalue weighted by molar-refractivity contribution is 5.81. The van der Waals surface area contributed by atoms with E-state index in [4.69, 9.17) is 13.9 Å². The van der Waals surface area contributed by atoms with Gasteiger partial charge < -0.3 is 13.9 Å². The molecule has 1 saturated heterocycles. The Morgan fingerprint density at radius 3 is 2.83 bits per heavy atom. The van der Waals surface area contributed by atoms with E-state index < -0.39 is 0 Å². The Kier molecular flexibility index (Phi) is 4.29. The van der Waals surface area contributed by atoms with Crippen LogP contribution in [0.25, 0.3) is 11.0 Å². The molecule has 2 aromatic rings. The number of rotatable bonds is 6. The van der Waals surface area contributed by atoms with Gasteiger partial charge in [0, 0.05) is 43.3 Å². The summed E-state index contributed by atoms with van der Waals surface area (Å²) in [6.07, 6.45) is 3.64. The molecule has 0 amide bonds. The maximum Gasteiger partial charge on any atom is 0.336 e. The second kappa shape index (κ2) is 6.57. The predicted octanol–water partition coefficient (Wildman–Crippen LogP) is 2.80. The van der Waals surface area contributed by atoms with Gasteiger partial charge in [-0.3, -0.25) is 4.90 Å². The van der Waals surface area contributed by atoms with Crippen LogP contribution in [0.1, 0.15) is 24.8 Å². The van der Waals surface area contributed by atoms with E-state index in [1.54, 1.807) is 19.2 Å². The smallest absolute Gasteiger partial charge is 0.336 e. The lowest BCUT2D eigenvalue weighted by atomic mass is 10.1. The second-order valence-electron chi connectivity index (χ2n) is 6.84. The molecule has 128 valence electrons. The summed E-state index contributed by atoms with van der Waals surface area (Å²) >= 11 is 0. The van der Waals surface area contributed by atoms with Crippen molar-refractivity contribution in [1.82, 2.24) is 4.90 Å². The topological polar surface area (TPSA) is 51.9 Å². The molecule has 5 heteroatoms. The van der Waals surface area contributed by atoms with Crippen LogP contribution in [0.3, 0.4) is 0 Å². The van der Waals surface area contributed by atoms with Crippen molar-refractivity contribution < 1.29 is 13.9 Å². The Balaban J connectivity index is 1.63. The molecule has 2 fully saturated rings. The van der Waals surface area contributed by atoms with Crippen molar-refractivity contribution in [2.24, 2.45) is 5.92 Å². The fourth-order valence-corrected chi connectivity index (χ4v) is 3.53. The fraction of sp³-hybridized carbons (Fsp3) is 0.526. The lowest BCUT2D eigenvalue weighted by molar-refractivity contribution is 0.161. The molecule has 1 saturated carbocycles. The van der Waals surface area contributed by atoms with E-state index in [0.717, 1.165) is 43.7 Å². The van der Waals surface area contributed by atoms with Crippen molar-refractivity contribution in [3.05, 3.63) is 40.2 Å². The van der Waals surface area contributed by atoms with E-state index in [1.165, 1.54) is 12.8 Å². The van der Waals surface area contributed by atoms with Gasteiger partial charge in [-0.25, -0.2) is 4.79 Å². The summed E-state index contributed by atoms with van der Waals surface area (Å²) in [4.78, 5) is 14.5. The van der Waals surface area contributed by atoms with E-state index in [9.17, 15) is 4.79 Å². The molecule has 1 unspecified atom stereocenters. The van der Waals surface area contributed by atoms with Crippen LogP contribution in [-0.2, 0) is 11.3 Å². The van der Waals surface area contributed by atoms with Crippen molar-refractivity contribution in [3.8, 4) is 5.75 Å². The van der Waals surface area contributed by atoms with Gasteiger partial charge in [-0.1, -0.05) is 0 Å². The first kappa shape index (κ1) is 15.7. The van der Waals surface area contributed by atoms with Crippen LogP contribution in [0.4, 0.5) is 0 Å². The largest absolute Gasteiger partial charge is 0.497 e. The van der Waals surface area contributed by atoms with Crippen molar-refractivity contribution in [3.63, 3.8) is 0 Å². The molecular formula is C19H23NO4. The Bertz CT molecular complexity index is 775. The molecule has 4 rings (SSSR count). The summed E-state index contributed by atoms with van der Waals surface area (Å²) < 4.78 is 16.1. The molecule has 1 aliphatic heterocycles. The molecule has 1 atom stereocenters. The van der Waals surface area contributed by atoms with Gasteiger partial charge >= 0.3 is 5.63 Å². The van der Waals surface area contributed by atoms with E-state index in [1.807, 2.05) is 12.1 Å². The van der Waals surface area contributed by atoms with Gasteiger partial charge in [0.15, 0.2) is 0 Å². The monoisotopic (exact) mass is 329 g/mol. The highest BCUT2D eigenvalue weighted by Crippen LogP contribution is 2.32. The molecule has 0 N–H and O–H groups in total. The third kappa shape index (κ3) is 3.32. The van der Waals surface area contributed by atoms with E-state index >= 15 is 0 Å². The summed E-state index contributed by atoms with van der Waals surface area (Å²) in [6.45, 7) is 3.57. The van der Waals surface area contributed by atoms with Gasteiger partial charge in [0.1, 0.15) is 11.3 Å². The number of fused-ring (bicyclic) bond motifs is 1. The van der Waals surface area contributed by atoms with Gasteiger partial charge in [-0.05, 0) is 42.9 Å². The molecule has 2 heterocycles. The predicted molar refractivity (Wildman–Crippen MR) is 91.4 cm³/mol. The Morgan fingerprint density at radius 2 is 2.12 bits per heavy atom. The lowest BCUT2D eigenvalue weighted by Gasteiger charge is -2.25. The molecule has 0 bridgehead atoms. The highest BCUT2D eigenvalue weighted by atomic mass is 16.5. The minimum absolute atomic E-state index is 0.300. The average molecular weight is 329 g/mol. The van der Waals surface area contributed by atoms with Crippen LogP contribution >= 0.6 is 0 Å². The quantitative estimate of drug-likeness (QED) is 0.763. The minimum Gasteiger partial charge on any atom is -0.497 e. The number of hydrogen-bond acceptors (Lipinski definition) is 5. The van der Waals surface area contributed by atoms with Crippen molar-refractivity contribution in [1.29, 1.82) is 0 Å². The van der Waals surface area contributed by atoms with Crippen molar-refractivity contribution in [2.45, 2.75) is 31.8 Å². The van der Waals surface area contributed by atoms with Gasteiger partial charge in [0.25, 0.3) is 0 Å². The summed E-state index contributed by atoms with van der Waals surface area (Å²) in [5.74, 6) is 1.31. The highest BCUT2D eigenvalue weighted by Gasteiger charge is 2.32. The number of nitrogens with zero attached hydrogens (tertiary/aromatic N) is 1. The van der Waals surface area contributed by atoms with E-state index in [-0.39, 0.29) is 5.63 Å². The summed E-state index contributed by atoms with van der Waals surface area (Å²) in [5.41, 5.74) is 1.33. The normalized spacial score (nSPS) is 20.8. The van der Waals surface area contributed by atoms with Crippen molar-refractivity contribution >= 4 is 11.0 Å². The van der Waals surface area contributed by atoms with Gasteiger partial charge in [-0.15, -0.1) is 0 Å². The first-order chi connectivity index (χ1) is 11.7. The molecule has 24 heavy (non-hydrogen) atoms. The Morgan fingerprint density at radius 1 is 1.25 bits per heavy atom. The van der Waals surface area contributed by atoms with Crippen LogP contribution in [0, 0.1) is 5.92 Å². The number of hydrogen-bond donors (Lipinski definition) is 0. The average Bonchev–Trinajstić information content (AvgIpc) is 3.31. The summed E-state index contributed by atoms with van der Waals surface area (Å²) in [7, 11) is 1.61. The molecular weight excluding hydrogens is 306 g/mol. The molecule has 1 aromatic carbocycles. The van der Waals surface area contributed by atoms with Gasteiger partial charge in [0.2, 0.25) is 0 Å². The lowest BCUT2D eigenvalue weighted by Crippen LogP contribution is -2.31. The van der Waals surface area contributed by atoms with Crippen molar-refractivity contribution in [2.75, 3.05) is 26.9 Å². The summed E-state index contributed by atoms with van der Waals surface area (Å²) in [5, 5.41) is 0.990. The van der Waals surface area contributed by atoms with Crippen LogP contribution in [0.2, 0.25) is 0 Å². The standard InChI is InChI=1S/C19H23NO4/c1-22-16-4-5-17-14(8-19(21)24-18(17)9-16)11-20(15-2-3-15)10-13-6-7-23-12-13/h4-5,8-9,13,15H,2-3,6-7,10-12H2,1H3. The maximum absolute atomic E-state index is 12.0. The van der Waals surface area contributed by atoms with Gasteiger partial charge in [0.05, 0.1) is 13.7 Å². The zero-order valence-corrected chi connectivity index (χ0v) is 14.0. The van der Waals surface area contributed by atoms with Gasteiger partial charge in [-0.2, -0.15) is 0 Å². The SMILES string of the molecule is COc1ccc2c(CN(CC3CCOC3)C3CC3)cc(=O)oc2c1.